The van der Waals surface area contributed by atoms with Crippen LogP contribution in [0.3, 0.4) is 0 Å². The highest BCUT2D eigenvalue weighted by molar-refractivity contribution is 5.99. The molecule has 0 amide bonds. The second-order valence-corrected chi connectivity index (χ2v) is 31.0. The zero-order valence-electron chi connectivity index (χ0n) is 63.0. The Hall–Kier alpha value is -13.4. The van der Waals surface area contributed by atoms with E-state index in [0.717, 1.165) is 51.7 Å². The van der Waals surface area contributed by atoms with E-state index in [0.29, 0.717) is 0 Å². The minimum Gasteiger partial charge on any atom is -0.310 e. The van der Waals surface area contributed by atoms with Gasteiger partial charge in [-0.2, -0.15) is 0 Å². The Bertz CT molecular complexity index is 6370. The Morgan fingerprint density at radius 1 is 0.297 bits per heavy atom. The third-order valence-electron chi connectivity index (χ3n) is 24.8. The second-order valence-electron chi connectivity index (χ2n) is 31.0. The quantitative estimate of drug-likeness (QED) is 0.0951. The van der Waals surface area contributed by atoms with Crippen molar-refractivity contribution in [3.8, 4) is 66.8 Å². The van der Waals surface area contributed by atoms with Gasteiger partial charge in [-0.3, -0.25) is 0 Å². The fourth-order valence-electron chi connectivity index (χ4n) is 19.9. The maximum absolute atomic E-state index is 4.16. The predicted octanol–water partition coefficient (Wildman–Crippen LogP) is 28.3. The molecule has 0 heterocycles. The maximum atomic E-state index is 4.16. The van der Waals surface area contributed by atoms with Crippen molar-refractivity contribution in [2.75, 3.05) is 9.80 Å². The van der Waals surface area contributed by atoms with Gasteiger partial charge in [0.2, 0.25) is 0 Å². The lowest BCUT2D eigenvalue weighted by atomic mass is 9.67. The summed E-state index contributed by atoms with van der Waals surface area (Å²) in [6, 6.07) is 139. The van der Waals surface area contributed by atoms with Gasteiger partial charge in [0.05, 0.1) is 10.8 Å². The first-order valence-electron chi connectivity index (χ1n) is 39.0. The van der Waals surface area contributed by atoms with Crippen LogP contribution in [0.5, 0.6) is 0 Å². The van der Waals surface area contributed by atoms with Crippen molar-refractivity contribution in [2.24, 2.45) is 0 Å². The maximum Gasteiger partial charge on any atom is 0.0727 e. The summed E-state index contributed by atoms with van der Waals surface area (Å²) in [7, 11) is 0. The van der Waals surface area contributed by atoms with Crippen molar-refractivity contribution in [1.82, 2.24) is 0 Å². The summed E-state index contributed by atoms with van der Waals surface area (Å²) in [5.74, 6) is 0.0152. The Labute approximate surface area is 652 Å². The van der Waals surface area contributed by atoms with Gasteiger partial charge in [0.15, 0.2) is 0 Å². The Balaban J connectivity index is 0.797. The SMILES string of the molecule is C=Cc1ccc(CC2(c3ccc(C)cc3C)c3ccccc3-c3ccc(N(c4ccc(-c5ccccc5)cc4)c4ccc5c(c4)C4(c6ccccc6-c6ccc(N(c7ccc(-c8ccccc8)cc7)c7ccc8c(c7)C(C(c7ccc(C=C)cc7)c7ccc(C)cc7C)c7ccccc7-8)cc64)c4ccccc4-5)cc32)cc1. The summed E-state index contributed by atoms with van der Waals surface area (Å²) in [5, 5.41) is 0. The Kier molecular flexibility index (Phi) is 16.2. The number of nitrogens with zero attached hydrogens (tertiary/aromatic N) is 2. The summed E-state index contributed by atoms with van der Waals surface area (Å²) < 4.78 is 0. The van der Waals surface area contributed by atoms with E-state index in [-0.39, 0.29) is 11.8 Å². The molecule has 4 unspecified atom stereocenters. The molecule has 16 aromatic rings. The van der Waals surface area contributed by atoms with Gasteiger partial charge in [0.1, 0.15) is 0 Å². The average Bonchev–Trinajstić information content (AvgIpc) is 1.50. The molecule has 4 atom stereocenters. The lowest BCUT2D eigenvalue weighted by Gasteiger charge is -2.36. The number of rotatable bonds is 16. The fraction of sp³-hybridized carbons (Fsp3) is 0.0826. The summed E-state index contributed by atoms with van der Waals surface area (Å²) >= 11 is 0. The van der Waals surface area contributed by atoms with E-state index in [1.165, 1.54) is 156 Å². The zero-order valence-corrected chi connectivity index (χ0v) is 63.0. The third-order valence-corrected chi connectivity index (χ3v) is 24.8. The first-order chi connectivity index (χ1) is 54.6. The largest absolute Gasteiger partial charge is 0.310 e. The van der Waals surface area contributed by atoms with Crippen molar-refractivity contribution < 1.29 is 0 Å². The minimum absolute atomic E-state index is 0.00266. The van der Waals surface area contributed by atoms with Crippen molar-refractivity contribution >= 4 is 46.3 Å². The average molecular weight is 1420 g/mol. The first-order valence-corrected chi connectivity index (χ1v) is 39.0. The second kappa shape index (κ2) is 26.8. The summed E-state index contributed by atoms with van der Waals surface area (Å²) in [6.45, 7) is 17.3. The third kappa shape index (κ3) is 10.7. The smallest absolute Gasteiger partial charge is 0.0727 e. The van der Waals surface area contributed by atoms with Gasteiger partial charge in [0, 0.05) is 46.0 Å². The zero-order chi connectivity index (χ0) is 74.6. The number of hydrogen-bond donors (Lipinski definition) is 0. The molecule has 20 rings (SSSR count). The molecule has 0 radical (unpaired) electrons. The first kappa shape index (κ1) is 67.0. The predicted molar refractivity (Wildman–Crippen MR) is 466 cm³/mol. The standard InChI is InChI=1S/C109H82N2/c1-7-74-37-39-76(40-38-74)69-108(99-62-36-71(4)64-73(99)6)100-32-20-17-28-91(100)94-59-54-85(66-103(94)108)111(83-51-47-80(48-52-83)78-25-13-10-14-26-78)87-56-61-96-93-30-19-22-34-102(93)109(105(96)68-87)101-33-21-18-29-92(101)95-60-55-86(67-104(95)109)110(82-49-45-79(46-50-82)77-23-11-9-12-24-77)84-53-58-90-89-27-15-16-31-97(89)107(98(90)65-84)106(81-43-41-75(8-2)42-44-81)88-57-35-70(3)63-72(88)5/h7-68,106-107H,1-2,69H2,3-6H3. The lowest BCUT2D eigenvalue weighted by molar-refractivity contribution is 0.625. The lowest BCUT2D eigenvalue weighted by Crippen LogP contribution is -2.31. The molecule has 0 saturated heterocycles. The van der Waals surface area contributed by atoms with E-state index in [2.05, 4.69) is 415 Å². The van der Waals surface area contributed by atoms with Crippen LogP contribution < -0.4 is 9.80 Å². The highest BCUT2D eigenvalue weighted by Crippen LogP contribution is 2.65. The van der Waals surface area contributed by atoms with E-state index in [4.69, 9.17) is 0 Å². The van der Waals surface area contributed by atoms with Crippen LogP contribution >= 0.6 is 0 Å². The van der Waals surface area contributed by atoms with Crippen LogP contribution in [0.4, 0.5) is 34.1 Å². The molecular weight excluding hydrogens is 1340 g/mol. The summed E-state index contributed by atoms with van der Waals surface area (Å²) in [6.07, 6.45) is 4.66. The van der Waals surface area contributed by atoms with E-state index in [1.54, 1.807) is 0 Å². The van der Waals surface area contributed by atoms with Gasteiger partial charge >= 0.3 is 0 Å². The van der Waals surface area contributed by atoms with E-state index >= 15 is 0 Å². The fourth-order valence-corrected chi connectivity index (χ4v) is 19.9. The molecule has 111 heavy (non-hydrogen) atoms. The number of anilines is 6. The molecule has 4 aliphatic rings. The van der Waals surface area contributed by atoms with Gasteiger partial charge in [-0.1, -0.05) is 328 Å². The van der Waals surface area contributed by atoms with Crippen molar-refractivity contribution in [3.05, 3.63) is 477 Å². The monoisotopic (exact) mass is 1420 g/mol. The number of fused-ring (bicyclic) bond motifs is 16. The van der Waals surface area contributed by atoms with Gasteiger partial charge in [0.25, 0.3) is 0 Å². The number of aryl methyl sites for hydroxylation is 4. The molecule has 528 valence electrons. The van der Waals surface area contributed by atoms with Gasteiger partial charge in [-0.05, 0) is 263 Å². The van der Waals surface area contributed by atoms with Crippen LogP contribution in [-0.4, -0.2) is 0 Å². The molecule has 4 aliphatic carbocycles. The molecule has 0 aliphatic heterocycles. The molecule has 0 bridgehead atoms. The summed E-state index contributed by atoms with van der Waals surface area (Å²) in [5.41, 5.74) is 42.8. The van der Waals surface area contributed by atoms with Crippen LogP contribution in [0.15, 0.2) is 377 Å². The molecule has 2 heteroatoms. The summed E-state index contributed by atoms with van der Waals surface area (Å²) in [4.78, 5) is 5.08. The Morgan fingerprint density at radius 3 is 1.22 bits per heavy atom. The van der Waals surface area contributed by atoms with Crippen molar-refractivity contribution in [3.63, 3.8) is 0 Å². The van der Waals surface area contributed by atoms with Gasteiger partial charge < -0.3 is 9.80 Å². The van der Waals surface area contributed by atoms with Crippen LogP contribution in [0.2, 0.25) is 0 Å². The van der Waals surface area contributed by atoms with Crippen LogP contribution in [-0.2, 0) is 17.3 Å². The molecular formula is C109H82N2. The van der Waals surface area contributed by atoms with Crippen molar-refractivity contribution in [1.29, 1.82) is 0 Å². The number of hydrogen-bond acceptors (Lipinski definition) is 2. The molecule has 0 aromatic heterocycles. The highest BCUT2D eigenvalue weighted by atomic mass is 15.1. The van der Waals surface area contributed by atoms with Crippen LogP contribution in [0.25, 0.3) is 78.9 Å². The van der Waals surface area contributed by atoms with Gasteiger partial charge in [-0.15, -0.1) is 0 Å². The molecule has 16 aromatic carbocycles. The molecule has 2 nitrogen and oxygen atoms in total. The topological polar surface area (TPSA) is 6.48 Å². The minimum atomic E-state index is -0.737. The van der Waals surface area contributed by atoms with E-state index < -0.39 is 10.8 Å². The normalized spacial score (nSPS) is 15.8. The molecule has 0 N–H and O–H groups in total. The highest BCUT2D eigenvalue weighted by Gasteiger charge is 2.53. The van der Waals surface area contributed by atoms with E-state index in [9.17, 15) is 0 Å². The van der Waals surface area contributed by atoms with Crippen LogP contribution in [0, 0.1) is 27.7 Å². The Morgan fingerprint density at radius 2 is 0.694 bits per heavy atom. The molecule has 1 spiro atoms. The number of benzene rings is 16. The molecule has 0 saturated carbocycles. The molecule has 0 fully saturated rings. The van der Waals surface area contributed by atoms with Crippen LogP contribution in [0.1, 0.15) is 112 Å². The van der Waals surface area contributed by atoms with E-state index in [1.807, 2.05) is 12.2 Å². The van der Waals surface area contributed by atoms with Crippen molar-refractivity contribution in [2.45, 2.75) is 56.8 Å². The van der Waals surface area contributed by atoms with Gasteiger partial charge in [-0.25, -0.2) is 0 Å².